The molecule has 0 N–H and O–H groups in total. The van der Waals surface area contributed by atoms with Crippen LogP contribution in [0.5, 0.6) is 0 Å². The van der Waals surface area contributed by atoms with Crippen molar-refractivity contribution in [3.05, 3.63) is 83.2 Å². The van der Waals surface area contributed by atoms with Crippen LogP contribution in [-0.4, -0.2) is 69.1 Å². The Bertz CT molecular complexity index is 1290. The summed E-state index contributed by atoms with van der Waals surface area (Å²) in [6.45, 7) is 3.08. The Labute approximate surface area is 216 Å². The highest BCUT2D eigenvalue weighted by atomic mass is 32.2. The highest BCUT2D eigenvalue weighted by molar-refractivity contribution is 7.91. The number of hydrogen-bond acceptors (Lipinski definition) is 6. The highest BCUT2D eigenvalue weighted by Gasteiger charge is 2.45. The molecule has 7 nitrogen and oxygen atoms in total. The van der Waals surface area contributed by atoms with E-state index in [-0.39, 0.29) is 18.4 Å². The predicted octanol–water partition coefficient (Wildman–Crippen LogP) is 3.24. The lowest BCUT2D eigenvalue weighted by Gasteiger charge is -2.38. The van der Waals surface area contributed by atoms with Gasteiger partial charge in [0.1, 0.15) is 10.5 Å². The normalized spacial score (nSPS) is 21.0. The lowest BCUT2D eigenvalue weighted by atomic mass is 9.88. The van der Waals surface area contributed by atoms with Crippen LogP contribution in [0, 0.1) is 5.92 Å². The number of sulfonamides is 1. The number of piperazine rings is 1. The summed E-state index contributed by atoms with van der Waals surface area (Å²) in [6, 6.07) is 21.1. The van der Waals surface area contributed by atoms with Gasteiger partial charge in [-0.05, 0) is 34.7 Å². The zero-order valence-electron chi connectivity index (χ0n) is 19.9. The van der Waals surface area contributed by atoms with Crippen LogP contribution in [0.4, 0.5) is 5.69 Å². The van der Waals surface area contributed by atoms with Crippen molar-refractivity contribution in [2.75, 3.05) is 44.2 Å². The number of amides is 1. The maximum atomic E-state index is 13.8. The third-order valence-electron chi connectivity index (χ3n) is 7.13. The number of nitrogens with zero attached hydrogens (tertiary/aromatic N) is 3. The fourth-order valence-corrected chi connectivity index (χ4v) is 7.78. The van der Waals surface area contributed by atoms with Gasteiger partial charge in [-0.1, -0.05) is 48.5 Å². The minimum atomic E-state index is -3.63. The first-order chi connectivity index (χ1) is 17.5. The van der Waals surface area contributed by atoms with E-state index in [0.717, 1.165) is 23.1 Å². The van der Waals surface area contributed by atoms with Gasteiger partial charge in [0, 0.05) is 57.3 Å². The molecule has 188 valence electrons. The Morgan fingerprint density at radius 3 is 2.28 bits per heavy atom. The minimum Gasteiger partial charge on any atom is -0.368 e. The van der Waals surface area contributed by atoms with E-state index in [1.165, 1.54) is 15.6 Å². The highest BCUT2D eigenvalue weighted by Crippen LogP contribution is 2.37. The zero-order chi connectivity index (χ0) is 25.1. The van der Waals surface area contributed by atoms with Crippen LogP contribution >= 0.6 is 11.3 Å². The maximum Gasteiger partial charge on any atom is 0.252 e. The number of aldehydes is 1. The molecule has 5 rings (SSSR count). The van der Waals surface area contributed by atoms with E-state index in [4.69, 9.17) is 0 Å². The Hall–Kier alpha value is -3.01. The van der Waals surface area contributed by atoms with Gasteiger partial charge < -0.3 is 14.6 Å². The molecular formula is C27H29N3O4S2. The number of anilines is 1. The monoisotopic (exact) mass is 523 g/mol. The molecule has 3 heterocycles. The number of thiophene rings is 1. The molecule has 1 amide bonds. The van der Waals surface area contributed by atoms with Crippen LogP contribution in [0.1, 0.15) is 17.0 Å². The number of benzene rings is 2. The van der Waals surface area contributed by atoms with Crippen molar-refractivity contribution in [3.8, 4) is 0 Å². The Balaban J connectivity index is 1.31. The second kappa shape index (κ2) is 10.5. The molecule has 3 aromatic rings. The summed E-state index contributed by atoms with van der Waals surface area (Å²) >= 11 is 1.21. The molecule has 2 aromatic carbocycles. The van der Waals surface area contributed by atoms with Crippen molar-refractivity contribution in [2.24, 2.45) is 5.92 Å². The van der Waals surface area contributed by atoms with E-state index in [1.807, 2.05) is 59.5 Å². The average molecular weight is 524 g/mol. The third kappa shape index (κ3) is 4.96. The van der Waals surface area contributed by atoms with E-state index in [0.29, 0.717) is 43.4 Å². The number of rotatable bonds is 7. The standard InChI is InChI=1S/C27H29N3O4S2/c31-17-12-21-8-10-23(11-9-21)28-13-15-29(16-14-28)27(32)25-20-30(36(33,34)26-7-4-18-35-26)19-24(25)22-5-2-1-3-6-22/h1-11,17-18,24-25H,12-16,19-20H2. The average Bonchev–Trinajstić information content (AvgIpc) is 3.61. The molecule has 1 aromatic heterocycles. The first-order valence-electron chi connectivity index (χ1n) is 12.1. The first kappa shape index (κ1) is 24.7. The number of carbonyl (C=O) groups excluding carboxylic acids is 2. The van der Waals surface area contributed by atoms with Crippen LogP contribution < -0.4 is 4.90 Å². The van der Waals surface area contributed by atoms with Crippen molar-refractivity contribution in [1.82, 2.24) is 9.21 Å². The Morgan fingerprint density at radius 2 is 1.64 bits per heavy atom. The topological polar surface area (TPSA) is 78.0 Å². The molecule has 0 spiro atoms. The summed E-state index contributed by atoms with van der Waals surface area (Å²) < 4.78 is 28.3. The lowest BCUT2D eigenvalue weighted by molar-refractivity contribution is -0.135. The summed E-state index contributed by atoms with van der Waals surface area (Å²) in [4.78, 5) is 28.6. The van der Waals surface area contributed by atoms with Crippen molar-refractivity contribution < 1.29 is 18.0 Å². The summed E-state index contributed by atoms with van der Waals surface area (Å²) in [7, 11) is -3.63. The van der Waals surface area contributed by atoms with E-state index in [9.17, 15) is 18.0 Å². The molecule has 36 heavy (non-hydrogen) atoms. The van der Waals surface area contributed by atoms with E-state index < -0.39 is 15.9 Å². The minimum absolute atomic E-state index is 0.0220. The molecule has 0 radical (unpaired) electrons. The maximum absolute atomic E-state index is 13.8. The van der Waals surface area contributed by atoms with E-state index in [1.54, 1.807) is 17.5 Å². The molecule has 2 atom stereocenters. The zero-order valence-corrected chi connectivity index (χ0v) is 21.5. The lowest BCUT2D eigenvalue weighted by Crippen LogP contribution is -2.51. The summed E-state index contributed by atoms with van der Waals surface area (Å²) in [5.74, 6) is -0.582. The number of carbonyl (C=O) groups is 2. The fraction of sp³-hybridized carbons (Fsp3) is 0.333. The Morgan fingerprint density at radius 1 is 0.917 bits per heavy atom. The van der Waals surface area contributed by atoms with Gasteiger partial charge in [-0.2, -0.15) is 4.31 Å². The fourth-order valence-electron chi connectivity index (χ4n) is 5.15. The quantitative estimate of drug-likeness (QED) is 0.445. The summed E-state index contributed by atoms with van der Waals surface area (Å²) in [5.41, 5.74) is 3.06. The van der Waals surface area contributed by atoms with E-state index in [2.05, 4.69) is 4.90 Å². The van der Waals surface area contributed by atoms with Crippen LogP contribution in [0.2, 0.25) is 0 Å². The third-order valence-corrected chi connectivity index (χ3v) is 10.3. The molecule has 0 bridgehead atoms. The molecule has 0 saturated carbocycles. The molecular weight excluding hydrogens is 494 g/mol. The molecule has 2 unspecified atom stereocenters. The molecule has 9 heteroatoms. The van der Waals surface area contributed by atoms with Crippen molar-refractivity contribution in [2.45, 2.75) is 16.5 Å². The van der Waals surface area contributed by atoms with Crippen LogP contribution in [0.15, 0.2) is 76.3 Å². The second-order valence-corrected chi connectivity index (χ2v) is 12.3. The number of hydrogen-bond donors (Lipinski definition) is 0. The van der Waals surface area contributed by atoms with Crippen LogP contribution in [-0.2, 0) is 26.0 Å². The van der Waals surface area contributed by atoms with Gasteiger partial charge in [0.2, 0.25) is 5.91 Å². The smallest absolute Gasteiger partial charge is 0.252 e. The van der Waals surface area contributed by atoms with Crippen molar-refractivity contribution >= 4 is 39.2 Å². The summed E-state index contributed by atoms with van der Waals surface area (Å²) in [5, 5.41) is 1.76. The SMILES string of the molecule is O=CCc1ccc(N2CCN(C(=O)C3CN(S(=O)(=O)c4cccs4)CC3c3ccccc3)CC2)cc1. The second-order valence-electron chi connectivity index (χ2n) is 9.23. The molecule has 2 aliphatic heterocycles. The van der Waals surface area contributed by atoms with Gasteiger partial charge in [0.25, 0.3) is 10.0 Å². The van der Waals surface area contributed by atoms with Crippen molar-refractivity contribution in [1.29, 1.82) is 0 Å². The van der Waals surface area contributed by atoms with Crippen LogP contribution in [0.3, 0.4) is 0 Å². The Kier molecular flexibility index (Phi) is 7.22. The summed E-state index contributed by atoms with van der Waals surface area (Å²) in [6.07, 6.45) is 1.31. The van der Waals surface area contributed by atoms with Gasteiger partial charge in [-0.15, -0.1) is 11.3 Å². The molecule has 2 fully saturated rings. The van der Waals surface area contributed by atoms with Gasteiger partial charge in [0.05, 0.1) is 5.92 Å². The predicted molar refractivity (Wildman–Crippen MR) is 141 cm³/mol. The van der Waals surface area contributed by atoms with Crippen LogP contribution in [0.25, 0.3) is 0 Å². The van der Waals surface area contributed by atoms with Gasteiger partial charge in [-0.25, -0.2) is 8.42 Å². The van der Waals surface area contributed by atoms with E-state index >= 15 is 0 Å². The van der Waals surface area contributed by atoms with Gasteiger partial charge >= 0.3 is 0 Å². The van der Waals surface area contributed by atoms with Gasteiger partial charge in [-0.3, -0.25) is 4.79 Å². The molecule has 0 aliphatic carbocycles. The van der Waals surface area contributed by atoms with Gasteiger partial charge in [0.15, 0.2) is 0 Å². The first-order valence-corrected chi connectivity index (χ1v) is 14.4. The molecule has 2 saturated heterocycles. The van der Waals surface area contributed by atoms with Crippen molar-refractivity contribution in [3.63, 3.8) is 0 Å². The largest absolute Gasteiger partial charge is 0.368 e. The molecule has 2 aliphatic rings.